The van der Waals surface area contributed by atoms with Gasteiger partial charge in [0.25, 0.3) is 11.8 Å². The van der Waals surface area contributed by atoms with E-state index < -0.39 is 11.7 Å². The Morgan fingerprint density at radius 1 is 1.08 bits per heavy atom. The van der Waals surface area contributed by atoms with Crippen LogP contribution in [0.5, 0.6) is 0 Å². The molecule has 0 saturated carbocycles. The molecule has 3 aromatic rings. The molecule has 8 nitrogen and oxygen atoms in total. The summed E-state index contributed by atoms with van der Waals surface area (Å²) < 4.78 is 13.5. The van der Waals surface area contributed by atoms with Gasteiger partial charge in [0.05, 0.1) is 5.69 Å². The van der Waals surface area contributed by atoms with Crippen LogP contribution in [-0.2, 0) is 16.2 Å². The smallest absolute Gasteiger partial charge is 0.273 e. The fraction of sp³-hybridized carbons (Fsp3) is 0.179. The molecule has 37 heavy (non-hydrogen) atoms. The van der Waals surface area contributed by atoms with Crippen LogP contribution in [0.15, 0.2) is 77.3 Å². The lowest BCUT2D eigenvalue weighted by Crippen LogP contribution is -2.34. The Morgan fingerprint density at radius 3 is 2.59 bits per heavy atom. The van der Waals surface area contributed by atoms with Crippen molar-refractivity contribution >= 4 is 40.8 Å². The van der Waals surface area contributed by atoms with Crippen LogP contribution < -0.4 is 16.8 Å². The molecular weight excluding hydrogens is 473 g/mol. The first-order valence-corrected chi connectivity index (χ1v) is 11.9. The third-order valence-electron chi connectivity index (χ3n) is 5.64. The molecule has 3 aromatic carbocycles. The molecule has 190 valence electrons. The number of hydrogen-bond donors (Lipinski definition) is 3. The van der Waals surface area contributed by atoms with E-state index in [1.807, 2.05) is 19.1 Å². The number of nitrogen functional groups attached to an aromatic ring is 1. The number of amides is 2. The maximum Gasteiger partial charge on any atom is 0.273 e. The Hall–Kier alpha value is -4.50. The summed E-state index contributed by atoms with van der Waals surface area (Å²) in [5.41, 5.74) is 15.6. The Bertz CT molecular complexity index is 1370. The number of anilines is 2. The first-order chi connectivity index (χ1) is 17.8. The highest BCUT2D eigenvalue weighted by molar-refractivity contribution is 6.07. The number of benzene rings is 3. The van der Waals surface area contributed by atoms with Crippen molar-refractivity contribution in [1.29, 1.82) is 0 Å². The summed E-state index contributed by atoms with van der Waals surface area (Å²) >= 11 is 0. The molecule has 0 spiro atoms. The number of rotatable bonds is 8. The minimum atomic E-state index is -0.450. The molecule has 2 amide bonds. The number of fused-ring (bicyclic) bond motifs is 1. The zero-order valence-corrected chi connectivity index (χ0v) is 20.4. The SMILES string of the molecule is CCCN(OCc1ccc(N)cc1)C(=O)C1=Cc2ccc(C(=O)Nc3cccc(F)c3)cc2N=C(N)C1. The number of aliphatic imine (C=N–C) groups is 1. The summed E-state index contributed by atoms with van der Waals surface area (Å²) in [4.78, 5) is 36.4. The number of amidine groups is 1. The number of halogens is 1. The molecule has 1 aliphatic rings. The van der Waals surface area contributed by atoms with Gasteiger partial charge in [0.2, 0.25) is 0 Å². The van der Waals surface area contributed by atoms with Gasteiger partial charge in [-0.05, 0) is 60.5 Å². The van der Waals surface area contributed by atoms with E-state index in [1.54, 1.807) is 42.5 Å². The molecule has 0 radical (unpaired) electrons. The minimum absolute atomic E-state index is 0.129. The second-order valence-electron chi connectivity index (χ2n) is 8.61. The van der Waals surface area contributed by atoms with Gasteiger partial charge in [-0.15, -0.1) is 0 Å². The molecule has 0 saturated heterocycles. The topological polar surface area (TPSA) is 123 Å². The van der Waals surface area contributed by atoms with E-state index in [0.29, 0.717) is 46.7 Å². The van der Waals surface area contributed by atoms with Crippen molar-refractivity contribution in [3.63, 3.8) is 0 Å². The molecule has 9 heteroatoms. The lowest BCUT2D eigenvalue weighted by molar-refractivity contribution is -0.187. The van der Waals surface area contributed by atoms with Gasteiger partial charge in [0.15, 0.2) is 0 Å². The van der Waals surface area contributed by atoms with Gasteiger partial charge in [-0.25, -0.2) is 14.4 Å². The lowest BCUT2D eigenvalue weighted by Gasteiger charge is -2.22. The van der Waals surface area contributed by atoms with E-state index in [0.717, 1.165) is 5.56 Å². The minimum Gasteiger partial charge on any atom is -0.399 e. The normalized spacial score (nSPS) is 12.6. The van der Waals surface area contributed by atoms with Crippen molar-refractivity contribution in [2.24, 2.45) is 10.7 Å². The summed E-state index contributed by atoms with van der Waals surface area (Å²) in [7, 11) is 0. The molecule has 5 N–H and O–H groups in total. The number of hydroxylamine groups is 2. The highest BCUT2D eigenvalue weighted by Crippen LogP contribution is 2.29. The molecule has 0 aliphatic carbocycles. The number of carbonyl (C=O) groups excluding carboxylic acids is 2. The van der Waals surface area contributed by atoms with Gasteiger partial charge in [-0.2, -0.15) is 0 Å². The second-order valence-corrected chi connectivity index (χ2v) is 8.61. The maximum atomic E-state index is 13.5. The summed E-state index contributed by atoms with van der Waals surface area (Å²) in [6, 6.07) is 17.8. The van der Waals surface area contributed by atoms with Crippen LogP contribution in [0.4, 0.5) is 21.5 Å². The van der Waals surface area contributed by atoms with Crippen molar-refractivity contribution in [1.82, 2.24) is 5.06 Å². The molecule has 1 heterocycles. The van der Waals surface area contributed by atoms with Crippen molar-refractivity contribution in [3.8, 4) is 0 Å². The third-order valence-corrected chi connectivity index (χ3v) is 5.64. The fourth-order valence-corrected chi connectivity index (χ4v) is 3.79. The summed E-state index contributed by atoms with van der Waals surface area (Å²) in [6.45, 7) is 2.56. The fourth-order valence-electron chi connectivity index (χ4n) is 3.79. The number of carbonyl (C=O) groups is 2. The number of nitrogens with one attached hydrogen (secondary N) is 1. The van der Waals surface area contributed by atoms with Crippen LogP contribution in [0.25, 0.3) is 6.08 Å². The highest BCUT2D eigenvalue weighted by Gasteiger charge is 2.23. The molecule has 0 unspecified atom stereocenters. The molecule has 1 aliphatic heterocycles. The monoisotopic (exact) mass is 501 g/mol. The maximum absolute atomic E-state index is 13.5. The Balaban J connectivity index is 1.53. The first kappa shape index (κ1) is 25.6. The van der Waals surface area contributed by atoms with Gasteiger partial charge in [-0.3, -0.25) is 14.4 Å². The van der Waals surface area contributed by atoms with Crippen molar-refractivity contribution in [2.45, 2.75) is 26.4 Å². The number of hydrogen-bond acceptors (Lipinski definition) is 6. The Kier molecular flexibility index (Phi) is 7.95. The van der Waals surface area contributed by atoms with Crippen LogP contribution in [0.3, 0.4) is 0 Å². The van der Waals surface area contributed by atoms with Crippen LogP contribution in [0.2, 0.25) is 0 Å². The highest BCUT2D eigenvalue weighted by atomic mass is 19.1. The Morgan fingerprint density at radius 2 is 1.86 bits per heavy atom. The van der Waals surface area contributed by atoms with Crippen molar-refractivity contribution in [3.05, 3.63) is 94.8 Å². The van der Waals surface area contributed by atoms with Gasteiger partial charge in [-0.1, -0.05) is 31.2 Å². The van der Waals surface area contributed by atoms with Gasteiger partial charge in [0.1, 0.15) is 18.3 Å². The molecule has 4 rings (SSSR count). The van der Waals surface area contributed by atoms with Crippen LogP contribution >= 0.6 is 0 Å². The van der Waals surface area contributed by atoms with E-state index in [2.05, 4.69) is 10.3 Å². The molecule has 0 fully saturated rings. The van der Waals surface area contributed by atoms with Crippen molar-refractivity contribution < 1.29 is 18.8 Å². The van der Waals surface area contributed by atoms with E-state index in [1.165, 1.54) is 23.3 Å². The summed E-state index contributed by atoms with van der Waals surface area (Å²) in [5.74, 6) is -0.946. The molecule has 0 atom stereocenters. The zero-order chi connectivity index (χ0) is 26.4. The third kappa shape index (κ3) is 6.59. The zero-order valence-electron chi connectivity index (χ0n) is 20.4. The van der Waals surface area contributed by atoms with Gasteiger partial charge < -0.3 is 16.8 Å². The predicted molar refractivity (Wildman–Crippen MR) is 142 cm³/mol. The Labute approximate surface area is 214 Å². The van der Waals surface area contributed by atoms with E-state index >= 15 is 0 Å². The number of nitrogens with zero attached hydrogens (tertiary/aromatic N) is 2. The van der Waals surface area contributed by atoms with Gasteiger partial charge in [0, 0.05) is 41.0 Å². The first-order valence-electron chi connectivity index (χ1n) is 11.9. The van der Waals surface area contributed by atoms with Crippen LogP contribution in [0, 0.1) is 5.82 Å². The summed E-state index contributed by atoms with van der Waals surface area (Å²) in [5, 5.41) is 4.00. The van der Waals surface area contributed by atoms with E-state index in [4.69, 9.17) is 16.3 Å². The average molecular weight is 502 g/mol. The molecular formula is C28H28FN5O3. The van der Waals surface area contributed by atoms with Crippen LogP contribution in [0.1, 0.15) is 41.3 Å². The van der Waals surface area contributed by atoms with E-state index in [9.17, 15) is 14.0 Å². The lowest BCUT2D eigenvalue weighted by atomic mass is 10.0. The van der Waals surface area contributed by atoms with Crippen molar-refractivity contribution in [2.75, 3.05) is 17.6 Å². The van der Waals surface area contributed by atoms with Crippen LogP contribution in [-0.4, -0.2) is 29.3 Å². The predicted octanol–water partition coefficient (Wildman–Crippen LogP) is 4.81. The molecule has 0 bridgehead atoms. The number of nitrogens with two attached hydrogens (primary N) is 2. The molecule has 0 aromatic heterocycles. The van der Waals surface area contributed by atoms with Gasteiger partial charge >= 0.3 is 0 Å². The van der Waals surface area contributed by atoms with E-state index in [-0.39, 0.29) is 24.8 Å². The summed E-state index contributed by atoms with van der Waals surface area (Å²) in [6.07, 6.45) is 2.54. The average Bonchev–Trinajstić information content (AvgIpc) is 3.04. The standard InChI is InChI=1S/C28H28FN5O3/c1-2-12-34(37-17-18-6-10-23(30)11-7-18)28(36)21-13-19-8-9-20(14-25(19)33-26(31)15-21)27(35)32-24-5-3-4-22(29)16-24/h3-11,13-14,16H,2,12,15,17,30H2,1H3,(H2,31,33)(H,32,35). The second kappa shape index (κ2) is 11.5. The quantitative estimate of drug-likeness (QED) is 0.302. The largest absolute Gasteiger partial charge is 0.399 e.